The van der Waals surface area contributed by atoms with Crippen LogP contribution in [-0.2, 0) is 0 Å². The molecule has 0 radical (unpaired) electrons. The predicted molar refractivity (Wildman–Crippen MR) is 96.1 cm³/mol. The van der Waals surface area contributed by atoms with Crippen molar-refractivity contribution in [2.24, 2.45) is 0 Å². The van der Waals surface area contributed by atoms with Gasteiger partial charge in [0, 0.05) is 23.7 Å². The van der Waals surface area contributed by atoms with E-state index in [0.717, 1.165) is 18.6 Å². The molecule has 1 aromatic carbocycles. The standard InChI is InChI=1S/C19H18ClN3O3/c1-12-7-8-16(25-12)17-21-18(26-22-17)14-5-3-9-23(11-14)19(24)13-4-2-6-15(20)10-13/h2,4,6-8,10,14H,3,5,9,11H2,1H3/t14-/m0/s1. The highest BCUT2D eigenvalue weighted by Crippen LogP contribution is 2.29. The van der Waals surface area contributed by atoms with Crippen LogP contribution >= 0.6 is 11.6 Å². The number of hydrogen-bond donors (Lipinski definition) is 0. The molecule has 0 spiro atoms. The summed E-state index contributed by atoms with van der Waals surface area (Å²) >= 11 is 6.00. The van der Waals surface area contributed by atoms with Gasteiger partial charge in [0.1, 0.15) is 5.76 Å². The number of piperidine rings is 1. The van der Waals surface area contributed by atoms with Crippen LogP contribution < -0.4 is 0 Å². The zero-order chi connectivity index (χ0) is 18.1. The average molecular weight is 372 g/mol. The number of nitrogens with zero attached hydrogens (tertiary/aromatic N) is 3. The Morgan fingerprint density at radius 1 is 1.31 bits per heavy atom. The van der Waals surface area contributed by atoms with E-state index in [-0.39, 0.29) is 11.8 Å². The lowest BCUT2D eigenvalue weighted by atomic mass is 9.97. The SMILES string of the molecule is Cc1ccc(-c2noc([C@H]3CCCN(C(=O)c4cccc(Cl)c4)C3)n2)o1. The number of furan rings is 1. The molecular formula is C19H18ClN3O3. The molecule has 1 amide bonds. The summed E-state index contributed by atoms with van der Waals surface area (Å²) in [5.41, 5.74) is 0.593. The van der Waals surface area contributed by atoms with Crippen LogP contribution in [0.5, 0.6) is 0 Å². The first-order valence-electron chi connectivity index (χ1n) is 8.55. The number of carbonyl (C=O) groups excluding carboxylic acids is 1. The highest BCUT2D eigenvalue weighted by Gasteiger charge is 2.29. The molecule has 7 heteroatoms. The molecule has 0 N–H and O–H groups in total. The first-order chi connectivity index (χ1) is 12.6. The van der Waals surface area contributed by atoms with Crippen LogP contribution in [0.15, 0.2) is 45.3 Å². The Labute approximate surface area is 155 Å². The van der Waals surface area contributed by atoms with Crippen LogP contribution in [0, 0.1) is 6.92 Å². The molecular weight excluding hydrogens is 354 g/mol. The van der Waals surface area contributed by atoms with E-state index < -0.39 is 0 Å². The van der Waals surface area contributed by atoms with Crippen molar-refractivity contribution in [3.05, 3.63) is 58.6 Å². The molecule has 3 heterocycles. The van der Waals surface area contributed by atoms with Gasteiger partial charge in [-0.2, -0.15) is 4.98 Å². The summed E-state index contributed by atoms with van der Waals surface area (Å²) in [5.74, 6) is 2.34. The predicted octanol–water partition coefficient (Wildman–Crippen LogP) is 4.31. The number of amides is 1. The maximum atomic E-state index is 12.7. The highest BCUT2D eigenvalue weighted by atomic mass is 35.5. The lowest BCUT2D eigenvalue weighted by Gasteiger charge is -2.31. The molecule has 26 heavy (non-hydrogen) atoms. The van der Waals surface area contributed by atoms with Crippen LogP contribution in [0.3, 0.4) is 0 Å². The van der Waals surface area contributed by atoms with Gasteiger partial charge in [0.15, 0.2) is 5.76 Å². The number of rotatable bonds is 3. The first-order valence-corrected chi connectivity index (χ1v) is 8.93. The van der Waals surface area contributed by atoms with Crippen LogP contribution in [0.25, 0.3) is 11.6 Å². The van der Waals surface area contributed by atoms with Gasteiger partial charge in [-0.3, -0.25) is 4.79 Å². The molecule has 1 fully saturated rings. The van der Waals surface area contributed by atoms with Gasteiger partial charge < -0.3 is 13.8 Å². The van der Waals surface area contributed by atoms with Crippen molar-refractivity contribution >= 4 is 17.5 Å². The summed E-state index contributed by atoms with van der Waals surface area (Å²) in [6, 6.07) is 10.7. The summed E-state index contributed by atoms with van der Waals surface area (Å²) in [7, 11) is 0. The molecule has 0 saturated carbocycles. The summed E-state index contributed by atoms with van der Waals surface area (Å²) in [5, 5.41) is 4.57. The molecule has 1 atom stereocenters. The van der Waals surface area contributed by atoms with Crippen LogP contribution in [0.1, 0.15) is 40.8 Å². The largest absolute Gasteiger partial charge is 0.458 e. The monoisotopic (exact) mass is 371 g/mol. The summed E-state index contributed by atoms with van der Waals surface area (Å²) in [4.78, 5) is 19.0. The van der Waals surface area contributed by atoms with E-state index in [1.54, 1.807) is 24.3 Å². The Kier molecular flexibility index (Phi) is 4.51. The van der Waals surface area contributed by atoms with Crippen molar-refractivity contribution in [3.8, 4) is 11.6 Å². The van der Waals surface area contributed by atoms with Gasteiger partial charge >= 0.3 is 0 Å². The van der Waals surface area contributed by atoms with Gasteiger partial charge in [-0.25, -0.2) is 0 Å². The second-order valence-corrected chi connectivity index (χ2v) is 6.90. The van der Waals surface area contributed by atoms with E-state index in [2.05, 4.69) is 10.1 Å². The van der Waals surface area contributed by atoms with Gasteiger partial charge in [0.05, 0.1) is 5.92 Å². The third-order valence-electron chi connectivity index (χ3n) is 4.53. The third kappa shape index (κ3) is 3.37. The van der Waals surface area contributed by atoms with Crippen molar-refractivity contribution in [1.29, 1.82) is 0 Å². The Hall–Kier alpha value is -2.60. The summed E-state index contributed by atoms with van der Waals surface area (Å²) < 4.78 is 11.0. The fraction of sp³-hybridized carbons (Fsp3) is 0.316. The second-order valence-electron chi connectivity index (χ2n) is 6.47. The Balaban J connectivity index is 1.50. The minimum atomic E-state index is -0.0291. The molecule has 0 unspecified atom stereocenters. The van der Waals surface area contributed by atoms with Crippen LogP contribution in [0.2, 0.25) is 5.02 Å². The molecule has 2 aromatic heterocycles. The van der Waals surface area contributed by atoms with E-state index in [4.69, 9.17) is 20.5 Å². The lowest BCUT2D eigenvalue weighted by molar-refractivity contribution is 0.0695. The Bertz CT molecular complexity index is 934. The number of likely N-dealkylation sites (tertiary alicyclic amines) is 1. The minimum absolute atomic E-state index is 0.0178. The smallest absolute Gasteiger partial charge is 0.253 e. The fourth-order valence-corrected chi connectivity index (χ4v) is 3.41. The molecule has 1 aliphatic rings. The van der Waals surface area contributed by atoms with E-state index in [1.807, 2.05) is 24.0 Å². The zero-order valence-corrected chi connectivity index (χ0v) is 15.1. The maximum absolute atomic E-state index is 12.7. The van der Waals surface area contributed by atoms with Gasteiger partial charge in [-0.1, -0.05) is 22.8 Å². The Morgan fingerprint density at radius 2 is 2.19 bits per heavy atom. The third-order valence-corrected chi connectivity index (χ3v) is 4.77. The number of hydrogen-bond acceptors (Lipinski definition) is 5. The first kappa shape index (κ1) is 16.8. The Morgan fingerprint density at radius 3 is 2.96 bits per heavy atom. The molecule has 3 aromatic rings. The van der Waals surface area contributed by atoms with Gasteiger partial charge in [0.25, 0.3) is 5.91 Å². The van der Waals surface area contributed by atoms with Crippen molar-refractivity contribution in [1.82, 2.24) is 15.0 Å². The number of carbonyl (C=O) groups is 1. The van der Waals surface area contributed by atoms with Crippen molar-refractivity contribution in [2.75, 3.05) is 13.1 Å². The number of aryl methyl sites for hydroxylation is 1. The number of benzene rings is 1. The summed E-state index contributed by atoms with van der Waals surface area (Å²) in [6.45, 7) is 3.12. The average Bonchev–Trinajstić information content (AvgIpc) is 3.30. The molecule has 4 rings (SSSR count). The number of halogens is 1. The van der Waals surface area contributed by atoms with E-state index >= 15 is 0 Å². The molecule has 0 bridgehead atoms. The van der Waals surface area contributed by atoms with Crippen LogP contribution in [-0.4, -0.2) is 34.0 Å². The van der Waals surface area contributed by atoms with Gasteiger partial charge in [-0.05, 0) is 50.1 Å². The molecule has 6 nitrogen and oxygen atoms in total. The summed E-state index contributed by atoms with van der Waals surface area (Å²) in [6.07, 6.45) is 1.78. The molecule has 1 aliphatic heterocycles. The van der Waals surface area contributed by atoms with Gasteiger partial charge in [0.2, 0.25) is 11.7 Å². The molecule has 134 valence electrons. The van der Waals surface area contributed by atoms with Crippen LogP contribution in [0.4, 0.5) is 0 Å². The second kappa shape index (κ2) is 6.96. The van der Waals surface area contributed by atoms with E-state index in [0.29, 0.717) is 41.2 Å². The minimum Gasteiger partial charge on any atom is -0.458 e. The normalized spacial score (nSPS) is 17.5. The zero-order valence-electron chi connectivity index (χ0n) is 14.3. The molecule has 0 aliphatic carbocycles. The van der Waals surface area contributed by atoms with Gasteiger partial charge in [-0.15, -0.1) is 0 Å². The maximum Gasteiger partial charge on any atom is 0.253 e. The lowest BCUT2D eigenvalue weighted by Crippen LogP contribution is -2.39. The quantitative estimate of drug-likeness (QED) is 0.685. The highest BCUT2D eigenvalue weighted by molar-refractivity contribution is 6.30. The van der Waals surface area contributed by atoms with Crippen molar-refractivity contribution in [2.45, 2.75) is 25.7 Å². The molecule has 1 saturated heterocycles. The fourth-order valence-electron chi connectivity index (χ4n) is 3.22. The van der Waals surface area contributed by atoms with Crippen molar-refractivity contribution in [3.63, 3.8) is 0 Å². The van der Waals surface area contributed by atoms with E-state index in [9.17, 15) is 4.79 Å². The van der Waals surface area contributed by atoms with Crippen molar-refractivity contribution < 1.29 is 13.7 Å². The topological polar surface area (TPSA) is 72.4 Å². The van der Waals surface area contributed by atoms with E-state index in [1.165, 1.54) is 0 Å². The number of aromatic nitrogens is 2.